The van der Waals surface area contributed by atoms with Crippen molar-refractivity contribution in [3.05, 3.63) is 76.5 Å². The Morgan fingerprint density at radius 1 is 1.18 bits per heavy atom. The predicted molar refractivity (Wildman–Crippen MR) is 124 cm³/mol. The molecule has 1 aliphatic heterocycles. The van der Waals surface area contributed by atoms with Crippen LogP contribution < -0.4 is 10.1 Å². The topological polar surface area (TPSA) is 106 Å². The summed E-state index contributed by atoms with van der Waals surface area (Å²) in [5.41, 5.74) is 3.86. The molecule has 33 heavy (non-hydrogen) atoms. The van der Waals surface area contributed by atoms with Crippen LogP contribution in [0.5, 0.6) is 5.75 Å². The number of ether oxygens (including phenoxy) is 1. The van der Waals surface area contributed by atoms with E-state index in [1.54, 1.807) is 36.1 Å². The Balaban J connectivity index is 1.44. The quantitative estimate of drug-likeness (QED) is 0.522. The number of carboxylic acid groups (broad SMARTS) is 1. The number of carbonyl (C=O) groups is 2. The molecule has 8 nitrogen and oxygen atoms in total. The van der Waals surface area contributed by atoms with Crippen LogP contribution in [0, 0.1) is 0 Å². The number of allylic oxidation sites excluding steroid dienone is 2. The van der Waals surface area contributed by atoms with Crippen molar-refractivity contribution in [3.63, 3.8) is 0 Å². The first-order valence-corrected chi connectivity index (χ1v) is 11.6. The van der Waals surface area contributed by atoms with Gasteiger partial charge in [0.15, 0.2) is 5.78 Å². The van der Waals surface area contributed by atoms with Gasteiger partial charge in [0.2, 0.25) is 11.1 Å². The maximum atomic E-state index is 12.9. The smallest absolute Gasteiger partial charge is 0.335 e. The lowest BCUT2D eigenvalue weighted by Crippen LogP contribution is -2.31. The van der Waals surface area contributed by atoms with Crippen molar-refractivity contribution in [1.29, 1.82) is 0 Å². The highest BCUT2D eigenvalue weighted by Gasteiger charge is 2.36. The fraction of sp³-hybridized carbons (Fsp3) is 0.250. The third kappa shape index (κ3) is 4.11. The van der Waals surface area contributed by atoms with Crippen molar-refractivity contribution in [2.75, 3.05) is 12.4 Å². The van der Waals surface area contributed by atoms with Crippen LogP contribution in [-0.2, 0) is 10.5 Å². The molecule has 2 aromatic carbocycles. The third-order valence-corrected chi connectivity index (χ3v) is 6.76. The molecule has 2 N–H and O–H groups in total. The van der Waals surface area contributed by atoms with Gasteiger partial charge >= 0.3 is 5.97 Å². The molecular weight excluding hydrogens is 440 g/mol. The SMILES string of the molecule is COc1ccc([C@@H]2C3=C(CCCC3=O)Nc3nc(SCc4ccc(C(=O)O)cc4)nn32)cc1. The molecule has 0 fully saturated rings. The standard InChI is InChI=1S/C24H22N4O4S/c1-32-17-11-9-15(10-12-17)21-20-18(3-2-4-19(20)29)25-23-26-24(27-28(21)23)33-13-14-5-7-16(8-6-14)22(30)31/h5-12,21H,2-4,13H2,1H3,(H,30,31)(H,25,26,27)/t21-/m1/s1. The maximum Gasteiger partial charge on any atom is 0.335 e. The number of carboxylic acids is 1. The van der Waals surface area contributed by atoms with E-state index in [-0.39, 0.29) is 17.4 Å². The summed E-state index contributed by atoms with van der Waals surface area (Å²) in [5.74, 6) is 1.16. The molecule has 0 saturated carbocycles. The number of carbonyl (C=O) groups excluding carboxylic acids is 1. The number of aromatic carboxylic acids is 1. The first-order chi connectivity index (χ1) is 16.0. The molecule has 0 unspecified atom stereocenters. The van der Waals surface area contributed by atoms with E-state index in [2.05, 4.69) is 10.3 Å². The summed E-state index contributed by atoms with van der Waals surface area (Å²) in [6.07, 6.45) is 2.16. The molecule has 0 radical (unpaired) electrons. The first kappa shape index (κ1) is 21.3. The normalized spacial score (nSPS) is 17.2. The van der Waals surface area contributed by atoms with Crippen molar-refractivity contribution in [2.24, 2.45) is 0 Å². The summed E-state index contributed by atoms with van der Waals surface area (Å²) in [6.45, 7) is 0. The van der Waals surface area contributed by atoms with Gasteiger partial charge < -0.3 is 15.2 Å². The van der Waals surface area contributed by atoms with E-state index in [0.29, 0.717) is 23.3 Å². The lowest BCUT2D eigenvalue weighted by atomic mass is 9.85. The molecule has 0 spiro atoms. The second kappa shape index (κ2) is 8.74. The van der Waals surface area contributed by atoms with Gasteiger partial charge in [0.25, 0.3) is 0 Å². The Morgan fingerprint density at radius 2 is 1.94 bits per heavy atom. The Morgan fingerprint density at radius 3 is 2.64 bits per heavy atom. The fourth-order valence-electron chi connectivity index (χ4n) is 4.18. The number of Topliss-reactive ketones (excluding diaryl/α,β-unsaturated/α-hetero) is 1. The number of hydrogen-bond donors (Lipinski definition) is 2. The van der Waals surface area contributed by atoms with Crippen molar-refractivity contribution < 1.29 is 19.4 Å². The maximum absolute atomic E-state index is 12.9. The molecule has 1 aromatic heterocycles. The summed E-state index contributed by atoms with van der Waals surface area (Å²) >= 11 is 1.46. The first-order valence-electron chi connectivity index (χ1n) is 10.6. The van der Waals surface area contributed by atoms with Crippen molar-refractivity contribution in [3.8, 4) is 5.75 Å². The van der Waals surface area contributed by atoms with Gasteiger partial charge in [0, 0.05) is 23.4 Å². The average Bonchev–Trinajstić information content (AvgIpc) is 3.24. The van der Waals surface area contributed by atoms with Crippen LogP contribution in [0.25, 0.3) is 0 Å². The minimum atomic E-state index is -0.945. The number of ketones is 1. The van der Waals surface area contributed by atoms with Crippen LogP contribution in [-0.4, -0.2) is 38.7 Å². The second-order valence-electron chi connectivity index (χ2n) is 7.92. The summed E-state index contributed by atoms with van der Waals surface area (Å²) in [4.78, 5) is 28.6. The number of thioether (sulfide) groups is 1. The van der Waals surface area contributed by atoms with Gasteiger partial charge in [-0.1, -0.05) is 36.0 Å². The molecule has 9 heteroatoms. The highest BCUT2D eigenvalue weighted by molar-refractivity contribution is 7.98. The van der Waals surface area contributed by atoms with E-state index in [1.807, 2.05) is 24.3 Å². The zero-order valence-corrected chi connectivity index (χ0v) is 18.8. The zero-order valence-electron chi connectivity index (χ0n) is 17.9. The van der Waals surface area contributed by atoms with Crippen molar-refractivity contribution >= 4 is 29.5 Å². The Bertz CT molecular complexity index is 1250. The molecule has 3 aromatic rings. The van der Waals surface area contributed by atoms with E-state index in [1.165, 1.54) is 11.8 Å². The number of anilines is 1. The summed E-state index contributed by atoms with van der Waals surface area (Å²) in [5, 5.41) is 17.7. The minimum Gasteiger partial charge on any atom is -0.497 e. The second-order valence-corrected chi connectivity index (χ2v) is 8.87. The molecule has 168 valence electrons. The van der Waals surface area contributed by atoms with E-state index in [9.17, 15) is 9.59 Å². The fourth-order valence-corrected chi connectivity index (χ4v) is 4.97. The van der Waals surface area contributed by atoms with E-state index in [0.717, 1.165) is 41.0 Å². The molecule has 5 rings (SSSR count). The number of aromatic nitrogens is 3. The van der Waals surface area contributed by atoms with Crippen LogP contribution in [0.3, 0.4) is 0 Å². The van der Waals surface area contributed by atoms with Gasteiger partial charge in [-0.15, -0.1) is 5.10 Å². The molecule has 0 bridgehead atoms. The number of nitrogens with zero attached hydrogens (tertiary/aromatic N) is 3. The van der Waals surface area contributed by atoms with Gasteiger partial charge in [-0.2, -0.15) is 4.98 Å². The Hall–Kier alpha value is -3.59. The predicted octanol–water partition coefficient (Wildman–Crippen LogP) is 4.30. The van der Waals surface area contributed by atoms with Gasteiger partial charge in [0.1, 0.15) is 11.8 Å². The number of nitrogens with one attached hydrogen (secondary N) is 1. The number of fused-ring (bicyclic) bond motifs is 1. The summed E-state index contributed by atoms with van der Waals surface area (Å²) < 4.78 is 7.08. The highest BCUT2D eigenvalue weighted by Crippen LogP contribution is 2.41. The number of hydrogen-bond acceptors (Lipinski definition) is 7. The van der Waals surface area contributed by atoms with Gasteiger partial charge in [-0.3, -0.25) is 4.79 Å². The number of rotatable bonds is 6. The minimum absolute atomic E-state index is 0.137. The largest absolute Gasteiger partial charge is 0.497 e. The third-order valence-electron chi connectivity index (χ3n) is 5.85. The van der Waals surface area contributed by atoms with E-state index in [4.69, 9.17) is 14.9 Å². The molecule has 2 aliphatic rings. The highest BCUT2D eigenvalue weighted by atomic mass is 32.2. The van der Waals surface area contributed by atoms with Crippen molar-refractivity contribution in [1.82, 2.24) is 14.8 Å². The van der Waals surface area contributed by atoms with Gasteiger partial charge in [0.05, 0.1) is 12.7 Å². The van der Waals surface area contributed by atoms with Crippen LogP contribution in [0.15, 0.2) is 65.0 Å². The van der Waals surface area contributed by atoms with E-state index >= 15 is 0 Å². The Labute approximate surface area is 194 Å². The van der Waals surface area contributed by atoms with E-state index < -0.39 is 5.97 Å². The summed E-state index contributed by atoms with van der Waals surface area (Å²) in [7, 11) is 1.62. The van der Waals surface area contributed by atoms with Gasteiger partial charge in [-0.05, 0) is 48.2 Å². The van der Waals surface area contributed by atoms with Crippen LogP contribution in [0.4, 0.5) is 5.95 Å². The lowest BCUT2D eigenvalue weighted by molar-refractivity contribution is -0.116. The monoisotopic (exact) mass is 462 g/mol. The molecular formula is C24H22N4O4S. The van der Waals surface area contributed by atoms with Crippen LogP contribution in [0.2, 0.25) is 0 Å². The molecule has 1 aliphatic carbocycles. The molecule has 1 atom stereocenters. The number of benzene rings is 2. The summed E-state index contributed by atoms with van der Waals surface area (Å²) in [6, 6.07) is 14.1. The molecule has 0 saturated heterocycles. The zero-order chi connectivity index (χ0) is 22.9. The lowest BCUT2D eigenvalue weighted by Gasteiger charge is -2.32. The van der Waals surface area contributed by atoms with Gasteiger partial charge in [-0.25, -0.2) is 9.48 Å². The average molecular weight is 463 g/mol. The molecule has 2 heterocycles. The Kier molecular flexibility index (Phi) is 5.63. The van der Waals surface area contributed by atoms with Crippen LogP contribution in [0.1, 0.15) is 46.8 Å². The van der Waals surface area contributed by atoms with Crippen LogP contribution >= 0.6 is 11.8 Å². The molecule has 0 amide bonds. The number of methoxy groups -OCH3 is 1. The van der Waals surface area contributed by atoms with Crippen molar-refractivity contribution in [2.45, 2.75) is 36.2 Å².